The Kier molecular flexibility index (Phi) is 9.95. The number of rotatable bonds is 13. The summed E-state index contributed by atoms with van der Waals surface area (Å²) in [5, 5.41) is 7.31. The Hall–Kier alpha value is -2.86. The molecule has 2 heterocycles. The van der Waals surface area contributed by atoms with E-state index in [1.807, 2.05) is 28.7 Å². The van der Waals surface area contributed by atoms with Gasteiger partial charge in [-0.25, -0.2) is 9.25 Å². The van der Waals surface area contributed by atoms with E-state index in [9.17, 15) is 4.79 Å². The predicted octanol–water partition coefficient (Wildman–Crippen LogP) is 5.54. The minimum atomic E-state index is 0.147. The largest absolute Gasteiger partial charge is 0.355 e. The van der Waals surface area contributed by atoms with Crippen molar-refractivity contribution in [3.8, 4) is 5.69 Å². The quantitative estimate of drug-likeness (QED) is 0.260. The van der Waals surface area contributed by atoms with Crippen molar-refractivity contribution >= 4 is 29.8 Å². The average molecular weight is 478 g/mol. The summed E-state index contributed by atoms with van der Waals surface area (Å²) in [4.78, 5) is 12.1. The van der Waals surface area contributed by atoms with Crippen LogP contribution in [0.1, 0.15) is 57.6 Å². The average Bonchev–Trinajstić information content (AvgIpc) is 3.41. The van der Waals surface area contributed by atoms with Gasteiger partial charge in [0.15, 0.2) is 12.4 Å². The Morgan fingerprint density at radius 3 is 2.38 bits per heavy atom. The van der Waals surface area contributed by atoms with Gasteiger partial charge >= 0.3 is 0 Å². The first kappa shape index (κ1) is 25.8. The molecule has 0 unspecified atom stereocenters. The van der Waals surface area contributed by atoms with Crippen molar-refractivity contribution in [3.63, 3.8) is 0 Å². The van der Waals surface area contributed by atoms with Crippen LogP contribution >= 0.6 is 11.8 Å². The van der Waals surface area contributed by atoms with Crippen LogP contribution in [0.4, 0.5) is 0 Å². The van der Waals surface area contributed by atoms with Crippen LogP contribution < -0.4 is 9.88 Å². The molecule has 0 spiro atoms. The second kappa shape index (κ2) is 13.1. The number of pyridine rings is 1. The van der Waals surface area contributed by atoms with Crippen LogP contribution in [0.3, 0.4) is 0 Å². The Morgan fingerprint density at radius 2 is 1.76 bits per heavy atom. The fourth-order valence-corrected chi connectivity index (χ4v) is 4.64. The third kappa shape index (κ3) is 8.17. The summed E-state index contributed by atoms with van der Waals surface area (Å²) in [6.45, 7) is 8.36. The van der Waals surface area contributed by atoms with Crippen LogP contribution in [-0.2, 0) is 11.3 Å². The summed E-state index contributed by atoms with van der Waals surface area (Å²) in [7, 11) is 0. The molecule has 180 valence electrons. The Bertz CT molecular complexity index is 1020. The number of aryl methyl sites for hydroxylation is 1. The molecule has 1 aromatic carbocycles. The fourth-order valence-electron chi connectivity index (χ4n) is 3.53. The predicted molar refractivity (Wildman–Crippen MR) is 143 cm³/mol. The highest BCUT2D eigenvalue weighted by Gasteiger charge is 2.19. The molecule has 0 atom stereocenters. The molecule has 0 fully saturated rings. The van der Waals surface area contributed by atoms with Gasteiger partial charge in [-0.05, 0) is 42.2 Å². The van der Waals surface area contributed by atoms with E-state index in [1.165, 1.54) is 0 Å². The van der Waals surface area contributed by atoms with Gasteiger partial charge in [0.05, 0.1) is 5.69 Å². The van der Waals surface area contributed by atoms with Crippen LogP contribution in [-0.4, -0.2) is 32.7 Å². The fraction of sp³-hybridized carbons (Fsp3) is 0.393. The molecule has 0 saturated carbocycles. The maximum atomic E-state index is 12.1. The Balaban J connectivity index is 1.36. The van der Waals surface area contributed by atoms with Gasteiger partial charge < -0.3 is 5.32 Å². The lowest BCUT2D eigenvalue weighted by molar-refractivity contribution is -0.697. The number of amides is 1. The SMILES string of the molecule is CCC(C)(CC)SCCNC(=O)CCC[n+]1ccc(C=Cc2ccc(-n3cccn3)cc2)cc1. The summed E-state index contributed by atoms with van der Waals surface area (Å²) < 4.78 is 4.31. The molecule has 0 saturated heterocycles. The van der Waals surface area contributed by atoms with Crippen molar-refractivity contribution in [1.29, 1.82) is 0 Å². The molecule has 1 amide bonds. The standard InChI is InChI=1S/C28H36N4OS/c1-4-28(3,5-2)34-23-18-29-27(33)8-6-19-31-21-15-25(16-22-31)10-9-24-11-13-26(14-12-24)32-20-7-17-30-32/h7,9-17,20-22H,4-6,8,18-19,23H2,1-3H3/p+1. The topological polar surface area (TPSA) is 50.8 Å². The second-order valence-electron chi connectivity index (χ2n) is 8.70. The lowest BCUT2D eigenvalue weighted by Crippen LogP contribution is -2.34. The van der Waals surface area contributed by atoms with E-state index in [1.54, 1.807) is 6.20 Å². The maximum absolute atomic E-state index is 12.1. The highest BCUT2D eigenvalue weighted by molar-refractivity contribution is 8.00. The lowest BCUT2D eigenvalue weighted by atomic mass is 10.1. The van der Waals surface area contributed by atoms with Crippen LogP contribution in [0.25, 0.3) is 17.8 Å². The third-order valence-corrected chi connectivity index (χ3v) is 7.92. The van der Waals surface area contributed by atoms with Crippen LogP contribution in [0.2, 0.25) is 0 Å². The van der Waals surface area contributed by atoms with E-state index in [-0.39, 0.29) is 5.91 Å². The molecule has 6 heteroatoms. The lowest BCUT2D eigenvalue weighted by Gasteiger charge is -2.25. The number of nitrogens with zero attached hydrogens (tertiary/aromatic N) is 3. The molecule has 5 nitrogen and oxygen atoms in total. The van der Waals surface area contributed by atoms with Gasteiger partial charge in [-0.2, -0.15) is 16.9 Å². The highest BCUT2D eigenvalue weighted by atomic mass is 32.2. The number of hydrogen-bond acceptors (Lipinski definition) is 3. The van der Waals surface area contributed by atoms with Gasteiger partial charge in [0.1, 0.15) is 6.54 Å². The van der Waals surface area contributed by atoms with Gasteiger partial charge in [-0.3, -0.25) is 4.79 Å². The van der Waals surface area contributed by atoms with Crippen molar-refractivity contribution in [3.05, 3.63) is 78.4 Å². The normalized spacial score (nSPS) is 11.7. The van der Waals surface area contributed by atoms with Gasteiger partial charge in [-0.15, -0.1) is 0 Å². The molecule has 1 N–H and O–H groups in total. The summed E-state index contributed by atoms with van der Waals surface area (Å²) >= 11 is 1.96. The molecular formula is C28H37N4OS+. The van der Waals surface area contributed by atoms with E-state index >= 15 is 0 Å². The summed E-state index contributed by atoms with van der Waals surface area (Å²) in [5.74, 6) is 1.12. The zero-order valence-electron chi connectivity index (χ0n) is 20.6. The number of benzene rings is 1. The van der Waals surface area contributed by atoms with Gasteiger partial charge in [0.2, 0.25) is 5.91 Å². The Labute approximate surface area is 208 Å². The smallest absolute Gasteiger partial charge is 0.220 e. The second-order valence-corrected chi connectivity index (χ2v) is 10.4. The van der Waals surface area contributed by atoms with E-state index in [4.69, 9.17) is 0 Å². The third-order valence-electron chi connectivity index (χ3n) is 6.24. The van der Waals surface area contributed by atoms with Crippen LogP contribution in [0.5, 0.6) is 0 Å². The minimum Gasteiger partial charge on any atom is -0.355 e. The van der Waals surface area contributed by atoms with Crippen LogP contribution in [0, 0.1) is 0 Å². The van der Waals surface area contributed by atoms with Gasteiger partial charge in [0.25, 0.3) is 0 Å². The number of carbonyl (C=O) groups excluding carboxylic acids is 1. The maximum Gasteiger partial charge on any atom is 0.220 e. The van der Waals surface area contributed by atoms with Crippen molar-refractivity contribution in [2.75, 3.05) is 12.3 Å². The summed E-state index contributed by atoms with van der Waals surface area (Å²) in [5.41, 5.74) is 3.34. The molecule has 34 heavy (non-hydrogen) atoms. The van der Waals surface area contributed by atoms with Crippen molar-refractivity contribution < 1.29 is 9.36 Å². The van der Waals surface area contributed by atoms with Crippen molar-refractivity contribution in [2.24, 2.45) is 0 Å². The summed E-state index contributed by atoms with van der Waals surface area (Å²) in [6, 6.07) is 14.4. The highest BCUT2D eigenvalue weighted by Crippen LogP contribution is 2.31. The van der Waals surface area contributed by atoms with Crippen LogP contribution in [0.15, 0.2) is 67.3 Å². The zero-order chi connectivity index (χ0) is 24.2. The molecule has 0 radical (unpaired) electrons. The molecular weight excluding hydrogens is 440 g/mol. The number of hydrogen-bond donors (Lipinski definition) is 1. The van der Waals surface area contributed by atoms with E-state index in [2.05, 4.69) is 96.7 Å². The first-order valence-electron chi connectivity index (χ1n) is 12.2. The number of thioether (sulfide) groups is 1. The Morgan fingerprint density at radius 1 is 1.09 bits per heavy atom. The molecule has 0 aliphatic heterocycles. The zero-order valence-corrected chi connectivity index (χ0v) is 21.4. The number of nitrogens with one attached hydrogen (secondary N) is 1. The molecule has 0 aliphatic rings. The minimum absolute atomic E-state index is 0.147. The first-order chi connectivity index (χ1) is 16.5. The molecule has 3 aromatic rings. The van der Waals surface area contributed by atoms with Gasteiger partial charge in [0, 0.05) is 54.4 Å². The molecule has 2 aromatic heterocycles. The molecule has 0 bridgehead atoms. The number of aromatic nitrogens is 3. The molecule has 0 aliphatic carbocycles. The van der Waals surface area contributed by atoms with E-state index in [0.717, 1.165) is 54.9 Å². The van der Waals surface area contributed by atoms with Crippen molar-refractivity contribution in [1.82, 2.24) is 15.1 Å². The van der Waals surface area contributed by atoms with Crippen molar-refractivity contribution in [2.45, 2.75) is 57.7 Å². The van der Waals surface area contributed by atoms with E-state index < -0.39 is 0 Å². The summed E-state index contributed by atoms with van der Waals surface area (Å²) in [6.07, 6.45) is 15.8. The first-order valence-corrected chi connectivity index (χ1v) is 13.2. The molecule has 3 rings (SSSR count). The number of carbonyl (C=O) groups is 1. The monoisotopic (exact) mass is 477 g/mol. The van der Waals surface area contributed by atoms with Gasteiger partial charge in [-0.1, -0.05) is 45.1 Å². The van der Waals surface area contributed by atoms with E-state index in [0.29, 0.717) is 11.2 Å².